The van der Waals surface area contributed by atoms with Crippen molar-refractivity contribution < 1.29 is 9.21 Å². The number of anilines is 3. The van der Waals surface area contributed by atoms with Gasteiger partial charge >= 0.3 is 0 Å². The molecule has 1 aromatic carbocycles. The van der Waals surface area contributed by atoms with Gasteiger partial charge in [-0.05, 0) is 31.0 Å². The van der Waals surface area contributed by atoms with Crippen LogP contribution in [0.3, 0.4) is 0 Å². The number of carbonyl (C=O) groups excluding carboxylic acids is 1. The number of para-hydroxylation sites is 1. The molecule has 208 valence electrons. The molecule has 0 amide bonds. The zero-order valence-corrected chi connectivity index (χ0v) is 22.9. The molecule has 1 saturated heterocycles. The van der Waals surface area contributed by atoms with Gasteiger partial charge in [0.2, 0.25) is 5.95 Å². The van der Waals surface area contributed by atoms with Gasteiger partial charge in [-0.2, -0.15) is 4.98 Å². The Labute approximate surface area is 236 Å². The molecule has 0 radical (unpaired) electrons. The summed E-state index contributed by atoms with van der Waals surface area (Å²) in [6, 6.07) is 11.3. The minimum Gasteiger partial charge on any atom is -0.440 e. The summed E-state index contributed by atoms with van der Waals surface area (Å²) in [5.41, 5.74) is 4.20. The summed E-state index contributed by atoms with van der Waals surface area (Å²) >= 11 is 0. The van der Waals surface area contributed by atoms with E-state index in [1.54, 1.807) is 37.6 Å². The fraction of sp³-hybridized carbons (Fsp3) is 0.323. The predicted molar refractivity (Wildman–Crippen MR) is 159 cm³/mol. The molecule has 1 saturated carbocycles. The van der Waals surface area contributed by atoms with Crippen LogP contribution in [0.4, 0.5) is 17.5 Å². The Morgan fingerprint density at radius 3 is 2.71 bits per heavy atom. The van der Waals surface area contributed by atoms with Crippen molar-refractivity contribution in [3.05, 3.63) is 70.9 Å². The summed E-state index contributed by atoms with van der Waals surface area (Å²) in [7, 11) is 0. The van der Waals surface area contributed by atoms with E-state index in [0.717, 1.165) is 74.0 Å². The Kier molecular flexibility index (Phi) is 6.47. The summed E-state index contributed by atoms with van der Waals surface area (Å²) in [5, 5.41) is 8.01. The highest BCUT2D eigenvalue weighted by Gasteiger charge is 2.24. The van der Waals surface area contributed by atoms with Crippen molar-refractivity contribution in [3.8, 4) is 11.1 Å². The SMILES string of the molecule is CC(=O)c1cc2cnc(Nc3cncc(-c4cccc5c(=O)cc(N6CCNCC6)oc45)c3)nc2n1C1CCCC1. The smallest absolute Gasteiger partial charge is 0.229 e. The Balaban J connectivity index is 1.25. The van der Waals surface area contributed by atoms with E-state index in [4.69, 9.17) is 9.40 Å². The van der Waals surface area contributed by atoms with Crippen LogP contribution < -0.4 is 21.0 Å². The van der Waals surface area contributed by atoms with Crippen LogP contribution in [0.15, 0.2) is 64.2 Å². The van der Waals surface area contributed by atoms with Crippen LogP contribution in [0.2, 0.25) is 0 Å². The molecule has 5 heterocycles. The summed E-state index contributed by atoms with van der Waals surface area (Å²) in [4.78, 5) is 41.4. The first-order valence-electron chi connectivity index (χ1n) is 14.2. The standard InChI is InChI=1S/C31H31N7O3/c1-19(39)26-14-21-17-34-31(36-30(21)38(26)23-5-2-3-6-23)35-22-13-20(16-33-18-22)24-7-4-8-25-27(40)15-28(41-29(24)25)37-11-9-32-10-12-37/h4,7-8,13-18,23,32H,2-3,5-6,9-12H2,1H3,(H,34,35,36). The molecule has 10 heteroatoms. The van der Waals surface area contributed by atoms with Gasteiger partial charge in [0.15, 0.2) is 17.1 Å². The van der Waals surface area contributed by atoms with E-state index in [1.165, 1.54) is 0 Å². The zero-order valence-electron chi connectivity index (χ0n) is 22.9. The molecule has 0 atom stereocenters. The third-order valence-electron chi connectivity index (χ3n) is 8.10. The Hall–Kier alpha value is -4.57. The summed E-state index contributed by atoms with van der Waals surface area (Å²) in [5.74, 6) is 1.04. The van der Waals surface area contributed by atoms with Gasteiger partial charge in [0.1, 0.15) is 11.2 Å². The van der Waals surface area contributed by atoms with Crippen LogP contribution in [-0.4, -0.2) is 51.5 Å². The number of rotatable bonds is 6. The van der Waals surface area contributed by atoms with Crippen molar-refractivity contribution in [2.45, 2.75) is 38.6 Å². The van der Waals surface area contributed by atoms with Crippen molar-refractivity contribution in [2.24, 2.45) is 0 Å². The first-order chi connectivity index (χ1) is 20.0. The van der Waals surface area contributed by atoms with E-state index < -0.39 is 0 Å². The minimum absolute atomic E-state index is 0.0307. The van der Waals surface area contributed by atoms with Crippen LogP contribution in [-0.2, 0) is 0 Å². The monoisotopic (exact) mass is 549 g/mol. The van der Waals surface area contributed by atoms with Gasteiger partial charge in [-0.3, -0.25) is 14.6 Å². The maximum absolute atomic E-state index is 13.0. The first-order valence-corrected chi connectivity index (χ1v) is 14.2. The fourth-order valence-electron chi connectivity index (χ4n) is 6.09. The number of Topliss-reactive ketones (excluding diaryl/α,β-unsaturated/α-hetero) is 1. The van der Waals surface area contributed by atoms with E-state index in [1.807, 2.05) is 24.3 Å². The number of carbonyl (C=O) groups is 1. The molecule has 41 heavy (non-hydrogen) atoms. The highest BCUT2D eigenvalue weighted by molar-refractivity contribution is 5.98. The summed E-state index contributed by atoms with van der Waals surface area (Å²) in [6.07, 6.45) is 9.62. The highest BCUT2D eigenvalue weighted by Crippen LogP contribution is 2.35. The second kappa shape index (κ2) is 10.4. The van der Waals surface area contributed by atoms with E-state index in [9.17, 15) is 9.59 Å². The Morgan fingerprint density at radius 1 is 1.07 bits per heavy atom. The van der Waals surface area contributed by atoms with Gasteiger partial charge in [0, 0.05) is 74.1 Å². The number of benzene rings is 1. The molecular formula is C31H31N7O3. The lowest BCUT2D eigenvalue weighted by Gasteiger charge is -2.27. The van der Waals surface area contributed by atoms with Crippen LogP contribution in [0, 0.1) is 0 Å². The number of ketones is 1. The molecule has 2 fully saturated rings. The number of nitrogens with zero attached hydrogens (tertiary/aromatic N) is 5. The lowest BCUT2D eigenvalue weighted by molar-refractivity contribution is 0.100. The molecule has 4 aromatic heterocycles. The van der Waals surface area contributed by atoms with Crippen LogP contribution in [0.25, 0.3) is 33.1 Å². The largest absolute Gasteiger partial charge is 0.440 e. The molecule has 1 aliphatic heterocycles. The van der Waals surface area contributed by atoms with Crippen molar-refractivity contribution in [2.75, 3.05) is 36.4 Å². The van der Waals surface area contributed by atoms with E-state index >= 15 is 0 Å². The fourth-order valence-corrected chi connectivity index (χ4v) is 6.09. The lowest BCUT2D eigenvalue weighted by atomic mass is 10.0. The van der Waals surface area contributed by atoms with Crippen LogP contribution in [0.1, 0.15) is 49.1 Å². The molecule has 0 unspecified atom stereocenters. The molecule has 1 aliphatic carbocycles. The molecule has 0 bridgehead atoms. The molecule has 2 aliphatic rings. The maximum Gasteiger partial charge on any atom is 0.229 e. The van der Waals surface area contributed by atoms with E-state index in [0.29, 0.717) is 34.2 Å². The van der Waals surface area contributed by atoms with Crippen molar-refractivity contribution in [1.29, 1.82) is 0 Å². The summed E-state index contributed by atoms with van der Waals surface area (Å²) in [6.45, 7) is 4.85. The first kappa shape index (κ1) is 25.4. The molecule has 2 N–H and O–H groups in total. The lowest BCUT2D eigenvalue weighted by Crippen LogP contribution is -2.43. The topological polar surface area (TPSA) is 118 Å². The van der Waals surface area contributed by atoms with Gasteiger partial charge in [0.05, 0.1) is 23.0 Å². The average molecular weight is 550 g/mol. The van der Waals surface area contributed by atoms with Gasteiger partial charge in [-0.25, -0.2) is 4.98 Å². The van der Waals surface area contributed by atoms with Gasteiger partial charge in [-0.15, -0.1) is 0 Å². The van der Waals surface area contributed by atoms with Crippen LogP contribution >= 0.6 is 0 Å². The highest BCUT2D eigenvalue weighted by atomic mass is 16.4. The molecule has 7 rings (SSSR count). The number of hydrogen-bond donors (Lipinski definition) is 2. The Morgan fingerprint density at radius 2 is 1.90 bits per heavy atom. The van der Waals surface area contributed by atoms with Gasteiger partial charge in [-0.1, -0.05) is 25.0 Å². The number of nitrogens with one attached hydrogen (secondary N) is 2. The zero-order chi connectivity index (χ0) is 27.9. The predicted octanol–water partition coefficient (Wildman–Crippen LogP) is 5.07. The quantitative estimate of drug-likeness (QED) is 0.280. The van der Waals surface area contributed by atoms with Crippen molar-refractivity contribution in [1.82, 2.24) is 24.8 Å². The van der Waals surface area contributed by atoms with E-state index in [-0.39, 0.29) is 17.3 Å². The summed E-state index contributed by atoms with van der Waals surface area (Å²) < 4.78 is 8.45. The van der Waals surface area contributed by atoms with Gasteiger partial charge < -0.3 is 24.5 Å². The molecule has 5 aromatic rings. The second-order valence-corrected chi connectivity index (χ2v) is 10.8. The van der Waals surface area contributed by atoms with Gasteiger partial charge in [0.25, 0.3) is 0 Å². The third-order valence-corrected chi connectivity index (χ3v) is 8.10. The minimum atomic E-state index is -0.0687. The van der Waals surface area contributed by atoms with Crippen molar-refractivity contribution in [3.63, 3.8) is 0 Å². The number of fused-ring (bicyclic) bond motifs is 2. The maximum atomic E-state index is 13.0. The average Bonchev–Trinajstić information content (AvgIpc) is 3.65. The number of piperazine rings is 1. The molecular weight excluding hydrogens is 518 g/mol. The van der Waals surface area contributed by atoms with Crippen LogP contribution in [0.5, 0.6) is 0 Å². The normalized spacial score (nSPS) is 16.1. The number of aromatic nitrogens is 4. The van der Waals surface area contributed by atoms with Crippen molar-refractivity contribution >= 4 is 45.3 Å². The number of pyridine rings is 1. The second-order valence-electron chi connectivity index (χ2n) is 10.8. The number of hydrogen-bond acceptors (Lipinski definition) is 9. The third kappa shape index (κ3) is 4.74. The molecule has 0 spiro atoms. The Bertz CT molecular complexity index is 1830. The van der Waals surface area contributed by atoms with E-state index in [2.05, 4.69) is 30.1 Å². The molecule has 10 nitrogen and oxygen atoms in total.